The topological polar surface area (TPSA) is 102 Å². The highest BCUT2D eigenvalue weighted by Crippen LogP contribution is 2.21. The van der Waals surface area contributed by atoms with Gasteiger partial charge in [0.2, 0.25) is 0 Å². The van der Waals surface area contributed by atoms with Crippen molar-refractivity contribution in [3.8, 4) is 0 Å². The zero-order chi connectivity index (χ0) is 15.4. The Hall–Kier alpha value is -2.12. The number of rotatable bonds is 4. The number of anilines is 1. The maximum absolute atomic E-state index is 12.3. The van der Waals surface area contributed by atoms with Crippen molar-refractivity contribution in [3.63, 3.8) is 0 Å². The molecule has 0 radical (unpaired) electrons. The van der Waals surface area contributed by atoms with E-state index in [1.54, 1.807) is 19.2 Å². The van der Waals surface area contributed by atoms with Crippen LogP contribution in [0.2, 0.25) is 0 Å². The van der Waals surface area contributed by atoms with E-state index < -0.39 is 24.1 Å². The largest absolute Gasteiger partial charge is 0.480 e. The van der Waals surface area contributed by atoms with Gasteiger partial charge >= 0.3 is 12.0 Å². The number of nitrogens with one attached hydrogen (secondary N) is 2. The number of carbonyl (C=O) groups is 2. The van der Waals surface area contributed by atoms with Gasteiger partial charge in [0, 0.05) is 25.2 Å². The minimum absolute atomic E-state index is 0.0248. The summed E-state index contributed by atoms with van der Waals surface area (Å²) in [4.78, 5) is 24.5. The molecule has 0 spiro atoms. The smallest absolute Gasteiger partial charge is 0.326 e. The Kier molecular flexibility index (Phi) is 4.77. The summed E-state index contributed by atoms with van der Waals surface area (Å²) in [5, 5.41) is 24.4. The SMILES string of the molecule is CNCc1ccccc1NC(=O)N1CC(O)CC1C(=O)O. The highest BCUT2D eigenvalue weighted by Gasteiger charge is 2.39. The van der Waals surface area contributed by atoms with Crippen LogP contribution in [0.15, 0.2) is 24.3 Å². The van der Waals surface area contributed by atoms with Crippen molar-refractivity contribution in [2.24, 2.45) is 0 Å². The molecule has 1 fully saturated rings. The molecule has 1 heterocycles. The molecule has 21 heavy (non-hydrogen) atoms. The Morgan fingerprint density at radius 2 is 2.10 bits per heavy atom. The summed E-state index contributed by atoms with van der Waals surface area (Å²) in [6.45, 7) is 0.610. The van der Waals surface area contributed by atoms with Gasteiger partial charge in [-0.15, -0.1) is 0 Å². The quantitative estimate of drug-likeness (QED) is 0.646. The number of aliphatic hydroxyl groups is 1. The lowest BCUT2D eigenvalue weighted by atomic mass is 10.2. The van der Waals surface area contributed by atoms with E-state index in [-0.39, 0.29) is 13.0 Å². The number of hydrogen-bond acceptors (Lipinski definition) is 4. The van der Waals surface area contributed by atoms with Crippen LogP contribution in [0.5, 0.6) is 0 Å². The summed E-state index contributed by atoms with van der Waals surface area (Å²) in [5.41, 5.74) is 1.53. The third kappa shape index (κ3) is 3.50. The Bertz CT molecular complexity index is 535. The number of likely N-dealkylation sites (tertiary alicyclic amines) is 1. The van der Waals surface area contributed by atoms with Crippen molar-refractivity contribution in [3.05, 3.63) is 29.8 Å². The number of benzene rings is 1. The van der Waals surface area contributed by atoms with Crippen LogP contribution >= 0.6 is 0 Å². The molecule has 4 N–H and O–H groups in total. The molecule has 7 heteroatoms. The van der Waals surface area contributed by atoms with Crippen LogP contribution in [0.1, 0.15) is 12.0 Å². The average molecular weight is 293 g/mol. The fourth-order valence-electron chi connectivity index (χ4n) is 2.45. The lowest BCUT2D eigenvalue weighted by molar-refractivity contribution is -0.141. The lowest BCUT2D eigenvalue weighted by Gasteiger charge is -2.22. The van der Waals surface area contributed by atoms with Crippen molar-refractivity contribution in [2.75, 3.05) is 18.9 Å². The second kappa shape index (κ2) is 6.55. The third-order valence-electron chi connectivity index (χ3n) is 3.45. The number of carboxylic acids is 1. The normalized spacial score (nSPS) is 21.3. The molecule has 0 aromatic heterocycles. The summed E-state index contributed by atoms with van der Waals surface area (Å²) in [6, 6.07) is 5.79. The highest BCUT2D eigenvalue weighted by molar-refractivity contribution is 5.93. The fraction of sp³-hybridized carbons (Fsp3) is 0.429. The van der Waals surface area contributed by atoms with Gasteiger partial charge in [0.15, 0.2) is 0 Å². The molecular formula is C14H19N3O4. The van der Waals surface area contributed by atoms with Crippen molar-refractivity contribution < 1.29 is 19.8 Å². The van der Waals surface area contributed by atoms with Crippen molar-refractivity contribution >= 4 is 17.7 Å². The number of carboxylic acid groups (broad SMARTS) is 1. The van der Waals surface area contributed by atoms with E-state index in [9.17, 15) is 14.7 Å². The van der Waals surface area contributed by atoms with Crippen LogP contribution in [-0.2, 0) is 11.3 Å². The Morgan fingerprint density at radius 1 is 1.38 bits per heavy atom. The van der Waals surface area contributed by atoms with E-state index in [1.807, 2.05) is 12.1 Å². The minimum Gasteiger partial charge on any atom is -0.480 e. The Balaban J connectivity index is 2.12. The zero-order valence-corrected chi connectivity index (χ0v) is 11.7. The molecule has 2 unspecified atom stereocenters. The summed E-state index contributed by atoms with van der Waals surface area (Å²) in [7, 11) is 1.80. The molecule has 0 saturated carbocycles. The van der Waals surface area contributed by atoms with Crippen LogP contribution in [0, 0.1) is 0 Å². The van der Waals surface area contributed by atoms with Crippen LogP contribution in [0.25, 0.3) is 0 Å². The molecule has 2 rings (SSSR count). The molecule has 1 aliphatic rings. The van der Waals surface area contributed by atoms with Gasteiger partial charge in [0.1, 0.15) is 6.04 Å². The summed E-state index contributed by atoms with van der Waals surface area (Å²) in [5.74, 6) is -1.11. The molecule has 2 atom stereocenters. The lowest BCUT2D eigenvalue weighted by Crippen LogP contribution is -2.43. The van der Waals surface area contributed by atoms with Crippen LogP contribution in [0.4, 0.5) is 10.5 Å². The van der Waals surface area contributed by atoms with E-state index in [4.69, 9.17) is 5.11 Å². The maximum Gasteiger partial charge on any atom is 0.326 e. The van der Waals surface area contributed by atoms with Gasteiger partial charge in [-0.3, -0.25) is 0 Å². The number of β-amino-alcohol motifs (C(OH)–C–C–N with tert-alkyl or cyclic N) is 1. The van der Waals surface area contributed by atoms with Gasteiger partial charge in [-0.05, 0) is 18.7 Å². The minimum atomic E-state index is -1.11. The Labute approximate surface area is 122 Å². The Morgan fingerprint density at radius 3 is 2.76 bits per heavy atom. The number of nitrogens with zero attached hydrogens (tertiary/aromatic N) is 1. The predicted octanol–water partition coefficient (Wildman–Crippen LogP) is 0.458. The zero-order valence-electron chi connectivity index (χ0n) is 11.7. The second-order valence-corrected chi connectivity index (χ2v) is 5.01. The summed E-state index contributed by atoms with van der Waals surface area (Å²) >= 11 is 0. The monoisotopic (exact) mass is 293 g/mol. The molecule has 1 saturated heterocycles. The molecule has 1 aromatic carbocycles. The molecule has 2 amide bonds. The average Bonchev–Trinajstić information content (AvgIpc) is 2.84. The summed E-state index contributed by atoms with van der Waals surface area (Å²) in [6.07, 6.45) is -0.745. The molecule has 0 aliphatic carbocycles. The van der Waals surface area contributed by atoms with Gasteiger partial charge in [-0.25, -0.2) is 9.59 Å². The number of urea groups is 1. The first-order chi connectivity index (χ1) is 10.0. The predicted molar refractivity (Wildman–Crippen MR) is 77.0 cm³/mol. The first kappa shape index (κ1) is 15.3. The maximum atomic E-state index is 12.3. The van der Waals surface area contributed by atoms with E-state index in [0.29, 0.717) is 12.2 Å². The molecule has 1 aliphatic heterocycles. The highest BCUT2D eigenvalue weighted by atomic mass is 16.4. The van der Waals surface area contributed by atoms with Crippen molar-refractivity contribution in [2.45, 2.75) is 25.1 Å². The number of hydrogen-bond donors (Lipinski definition) is 4. The third-order valence-corrected chi connectivity index (χ3v) is 3.45. The van der Waals surface area contributed by atoms with Gasteiger partial charge in [-0.2, -0.15) is 0 Å². The van der Waals surface area contributed by atoms with Gasteiger partial charge in [0.05, 0.1) is 6.10 Å². The number of carbonyl (C=O) groups excluding carboxylic acids is 1. The number of aliphatic carboxylic acids is 1. The molecule has 7 nitrogen and oxygen atoms in total. The molecule has 0 bridgehead atoms. The van der Waals surface area contributed by atoms with E-state index >= 15 is 0 Å². The molecular weight excluding hydrogens is 274 g/mol. The molecule has 1 aromatic rings. The first-order valence-electron chi connectivity index (χ1n) is 6.74. The van der Waals surface area contributed by atoms with Gasteiger partial charge < -0.3 is 25.7 Å². The number of para-hydroxylation sites is 1. The summed E-state index contributed by atoms with van der Waals surface area (Å²) < 4.78 is 0. The van der Waals surface area contributed by atoms with Crippen molar-refractivity contribution in [1.29, 1.82) is 0 Å². The number of aliphatic hydroxyl groups excluding tert-OH is 1. The van der Waals surface area contributed by atoms with Crippen LogP contribution in [0.3, 0.4) is 0 Å². The second-order valence-electron chi connectivity index (χ2n) is 5.01. The van der Waals surface area contributed by atoms with E-state index in [1.165, 1.54) is 0 Å². The standard InChI is InChI=1S/C14H19N3O4/c1-15-7-9-4-2-3-5-11(9)16-14(21)17-8-10(18)6-12(17)13(19)20/h2-5,10,12,15,18H,6-8H2,1H3,(H,16,21)(H,19,20). The fourth-order valence-corrected chi connectivity index (χ4v) is 2.45. The van der Waals surface area contributed by atoms with Crippen LogP contribution in [-0.4, -0.2) is 52.9 Å². The first-order valence-corrected chi connectivity index (χ1v) is 6.74. The number of amides is 2. The van der Waals surface area contributed by atoms with Gasteiger partial charge in [0.25, 0.3) is 0 Å². The van der Waals surface area contributed by atoms with Crippen molar-refractivity contribution in [1.82, 2.24) is 10.2 Å². The van der Waals surface area contributed by atoms with Crippen LogP contribution < -0.4 is 10.6 Å². The molecule has 114 valence electrons. The van der Waals surface area contributed by atoms with E-state index in [0.717, 1.165) is 10.5 Å². The van der Waals surface area contributed by atoms with Gasteiger partial charge in [-0.1, -0.05) is 18.2 Å². The van der Waals surface area contributed by atoms with E-state index in [2.05, 4.69) is 10.6 Å².